The number of aromatic nitrogens is 1. The zero-order valence-electron chi connectivity index (χ0n) is 11.1. The average Bonchev–Trinajstić information content (AvgIpc) is 3.05. The predicted molar refractivity (Wildman–Crippen MR) is 73.5 cm³/mol. The van der Waals surface area contributed by atoms with Crippen molar-refractivity contribution in [2.75, 3.05) is 24.3 Å². The van der Waals surface area contributed by atoms with Crippen molar-refractivity contribution in [1.82, 2.24) is 5.16 Å². The molecular weight excluding hydrogens is 258 g/mol. The Labute approximate surface area is 116 Å². The second kappa shape index (κ2) is 4.97. The van der Waals surface area contributed by atoms with Gasteiger partial charge in [0.05, 0.1) is 0 Å². The number of benzene rings is 1. The summed E-state index contributed by atoms with van der Waals surface area (Å²) in [4.78, 5) is 14.1. The van der Waals surface area contributed by atoms with Gasteiger partial charge in [-0.25, -0.2) is 0 Å². The van der Waals surface area contributed by atoms with Gasteiger partial charge in [-0.05, 0) is 24.1 Å². The van der Waals surface area contributed by atoms with Crippen LogP contribution in [0, 0.1) is 0 Å². The Morgan fingerprint density at radius 1 is 1.50 bits per heavy atom. The van der Waals surface area contributed by atoms with Gasteiger partial charge in [0.15, 0.2) is 11.5 Å². The van der Waals surface area contributed by atoms with E-state index in [0.717, 1.165) is 17.7 Å². The smallest absolute Gasteiger partial charge is 0.280 e. The normalized spacial score (nSPS) is 13.6. The molecule has 1 aliphatic rings. The van der Waals surface area contributed by atoms with Gasteiger partial charge in [-0.2, -0.15) is 0 Å². The van der Waals surface area contributed by atoms with E-state index in [2.05, 4.69) is 5.16 Å². The molecule has 6 heteroatoms. The lowest BCUT2D eigenvalue weighted by atomic mass is 10.1. The average molecular weight is 273 g/mol. The first-order chi connectivity index (χ1) is 9.69. The minimum atomic E-state index is -0.180. The fraction of sp³-hybridized carbons (Fsp3) is 0.286. The van der Waals surface area contributed by atoms with Gasteiger partial charge in [0.1, 0.15) is 6.61 Å². The summed E-state index contributed by atoms with van der Waals surface area (Å²) in [7, 11) is 1.56. The summed E-state index contributed by atoms with van der Waals surface area (Å²) in [6.45, 7) is 0.925. The maximum atomic E-state index is 12.5. The van der Waals surface area contributed by atoms with Crippen molar-refractivity contribution in [3.63, 3.8) is 0 Å². The van der Waals surface area contributed by atoms with Crippen molar-refractivity contribution >= 4 is 17.3 Å². The van der Waals surface area contributed by atoms with Crippen molar-refractivity contribution < 1.29 is 14.1 Å². The summed E-state index contributed by atoms with van der Waals surface area (Å²) < 4.78 is 9.99. The fourth-order valence-electron chi connectivity index (χ4n) is 2.37. The third-order valence-corrected chi connectivity index (χ3v) is 3.31. The molecule has 0 spiro atoms. The lowest BCUT2D eigenvalue weighted by Gasteiger charge is -2.15. The lowest BCUT2D eigenvalue weighted by Crippen LogP contribution is -2.29. The van der Waals surface area contributed by atoms with Crippen molar-refractivity contribution in [3.8, 4) is 0 Å². The minimum Gasteiger partial charge on any atom is -0.399 e. The molecule has 1 aliphatic heterocycles. The Bertz CT molecular complexity index is 651. The van der Waals surface area contributed by atoms with Crippen LogP contribution in [0.4, 0.5) is 11.4 Å². The number of hydrogen-bond donors (Lipinski definition) is 1. The number of ether oxygens (including phenoxy) is 1. The van der Waals surface area contributed by atoms with Crippen LogP contribution < -0.4 is 10.6 Å². The Hall–Kier alpha value is -2.34. The monoisotopic (exact) mass is 273 g/mol. The second-order valence-electron chi connectivity index (χ2n) is 4.71. The van der Waals surface area contributed by atoms with Crippen LogP contribution in [0.25, 0.3) is 0 Å². The van der Waals surface area contributed by atoms with E-state index in [4.69, 9.17) is 15.0 Å². The molecule has 0 saturated heterocycles. The molecule has 104 valence electrons. The number of anilines is 2. The molecule has 2 N–H and O–H groups in total. The molecule has 1 aromatic heterocycles. The first-order valence-corrected chi connectivity index (χ1v) is 6.34. The van der Waals surface area contributed by atoms with Gasteiger partial charge < -0.3 is 19.9 Å². The predicted octanol–water partition coefficient (Wildman–Crippen LogP) is 1.61. The molecule has 6 nitrogen and oxygen atoms in total. The van der Waals surface area contributed by atoms with Crippen LogP contribution in [0.15, 0.2) is 28.8 Å². The number of fused-ring (bicyclic) bond motifs is 1. The van der Waals surface area contributed by atoms with Gasteiger partial charge in [0, 0.05) is 31.1 Å². The number of nitrogens with two attached hydrogens (primary N) is 1. The van der Waals surface area contributed by atoms with Crippen LogP contribution in [0.5, 0.6) is 0 Å². The standard InChI is InChI=1S/C14H15N3O3/c1-19-8-11-7-12(16-20-11)14(18)17-5-4-9-2-3-10(15)6-13(9)17/h2-3,6-7H,4-5,8,15H2,1H3. The highest BCUT2D eigenvalue weighted by atomic mass is 16.5. The fourth-order valence-corrected chi connectivity index (χ4v) is 2.37. The van der Waals surface area contributed by atoms with E-state index in [-0.39, 0.29) is 11.6 Å². The molecule has 2 aromatic rings. The molecule has 0 aliphatic carbocycles. The molecule has 0 bridgehead atoms. The molecule has 1 aromatic carbocycles. The molecule has 3 rings (SSSR count). The highest BCUT2D eigenvalue weighted by Gasteiger charge is 2.27. The van der Waals surface area contributed by atoms with Crippen molar-refractivity contribution in [2.45, 2.75) is 13.0 Å². The third-order valence-electron chi connectivity index (χ3n) is 3.31. The van der Waals surface area contributed by atoms with E-state index in [0.29, 0.717) is 24.6 Å². The first-order valence-electron chi connectivity index (χ1n) is 6.34. The van der Waals surface area contributed by atoms with Crippen molar-refractivity contribution in [1.29, 1.82) is 0 Å². The van der Waals surface area contributed by atoms with Gasteiger partial charge in [-0.1, -0.05) is 11.2 Å². The minimum absolute atomic E-state index is 0.180. The maximum Gasteiger partial charge on any atom is 0.280 e. The van der Waals surface area contributed by atoms with Gasteiger partial charge in [0.2, 0.25) is 0 Å². The van der Waals surface area contributed by atoms with Gasteiger partial charge in [0.25, 0.3) is 5.91 Å². The molecule has 0 fully saturated rings. The Balaban J connectivity index is 1.87. The van der Waals surface area contributed by atoms with Gasteiger partial charge in [-0.15, -0.1) is 0 Å². The topological polar surface area (TPSA) is 81.6 Å². The van der Waals surface area contributed by atoms with Gasteiger partial charge in [-0.3, -0.25) is 4.79 Å². The number of carbonyl (C=O) groups is 1. The van der Waals surface area contributed by atoms with Crippen LogP contribution in [0.1, 0.15) is 21.8 Å². The zero-order valence-corrected chi connectivity index (χ0v) is 11.1. The molecule has 0 atom stereocenters. The van der Waals surface area contributed by atoms with Crippen LogP contribution in [0.3, 0.4) is 0 Å². The Morgan fingerprint density at radius 3 is 3.15 bits per heavy atom. The first kappa shape index (κ1) is 12.7. The summed E-state index contributed by atoms with van der Waals surface area (Å²) in [5, 5.41) is 3.80. The molecule has 2 heterocycles. The lowest BCUT2D eigenvalue weighted by molar-refractivity contribution is 0.0980. The molecule has 1 amide bonds. The summed E-state index contributed by atoms with van der Waals surface area (Å²) in [5.41, 5.74) is 8.69. The molecule has 0 saturated carbocycles. The number of amides is 1. The van der Waals surface area contributed by atoms with Crippen LogP contribution >= 0.6 is 0 Å². The maximum absolute atomic E-state index is 12.5. The van der Waals surface area contributed by atoms with Gasteiger partial charge >= 0.3 is 0 Å². The second-order valence-corrected chi connectivity index (χ2v) is 4.71. The van der Waals surface area contributed by atoms with Crippen molar-refractivity contribution in [3.05, 3.63) is 41.3 Å². The summed E-state index contributed by atoms with van der Waals surface area (Å²) in [6.07, 6.45) is 0.824. The van der Waals surface area contributed by atoms with E-state index in [1.165, 1.54) is 0 Å². The molecule has 0 radical (unpaired) electrons. The summed E-state index contributed by atoms with van der Waals surface area (Å²) >= 11 is 0. The van der Waals surface area contributed by atoms with E-state index < -0.39 is 0 Å². The summed E-state index contributed by atoms with van der Waals surface area (Å²) in [5.74, 6) is 0.350. The highest BCUT2D eigenvalue weighted by molar-refractivity contribution is 6.06. The van der Waals surface area contributed by atoms with Crippen LogP contribution in [-0.2, 0) is 17.8 Å². The Morgan fingerprint density at radius 2 is 2.35 bits per heavy atom. The number of rotatable bonds is 3. The van der Waals surface area contributed by atoms with E-state index in [1.54, 1.807) is 18.1 Å². The summed E-state index contributed by atoms with van der Waals surface area (Å²) in [6, 6.07) is 7.23. The van der Waals surface area contributed by atoms with E-state index >= 15 is 0 Å². The molecule has 0 unspecified atom stereocenters. The zero-order chi connectivity index (χ0) is 14.1. The number of nitrogens with zero attached hydrogens (tertiary/aromatic N) is 2. The third kappa shape index (κ3) is 2.14. The largest absolute Gasteiger partial charge is 0.399 e. The van der Waals surface area contributed by atoms with E-state index in [9.17, 15) is 4.79 Å². The Kier molecular flexibility index (Phi) is 3.15. The number of methoxy groups -OCH3 is 1. The van der Waals surface area contributed by atoms with Crippen LogP contribution in [0.2, 0.25) is 0 Å². The SMILES string of the molecule is COCc1cc(C(=O)N2CCc3ccc(N)cc32)no1. The highest BCUT2D eigenvalue weighted by Crippen LogP contribution is 2.31. The van der Waals surface area contributed by atoms with E-state index in [1.807, 2.05) is 18.2 Å². The molecule has 20 heavy (non-hydrogen) atoms. The van der Waals surface area contributed by atoms with Crippen molar-refractivity contribution in [2.24, 2.45) is 0 Å². The number of carbonyl (C=O) groups excluding carboxylic acids is 1. The number of nitrogen functional groups attached to an aromatic ring is 1. The van der Waals surface area contributed by atoms with Crippen LogP contribution in [-0.4, -0.2) is 24.7 Å². The quantitative estimate of drug-likeness (QED) is 0.859. The molecular formula is C14H15N3O3. The number of hydrogen-bond acceptors (Lipinski definition) is 5.